The van der Waals surface area contributed by atoms with Gasteiger partial charge in [0.05, 0.1) is 24.2 Å². The largest absolute Gasteiger partial charge is 0.492 e. The van der Waals surface area contributed by atoms with Crippen LogP contribution in [0.5, 0.6) is 5.75 Å². The third-order valence-corrected chi connectivity index (χ3v) is 7.75. The Hall–Kier alpha value is -5.09. The van der Waals surface area contributed by atoms with E-state index in [1.807, 2.05) is 63.2 Å². The number of amides is 4. The number of rotatable bonds is 10. The summed E-state index contributed by atoms with van der Waals surface area (Å²) in [4.78, 5) is 41.5. The maximum atomic E-state index is 13.5. The van der Waals surface area contributed by atoms with Crippen LogP contribution in [0.25, 0.3) is 21.9 Å². The molecule has 0 saturated heterocycles. The molecule has 0 radical (unpaired) electrons. The van der Waals surface area contributed by atoms with Crippen LogP contribution in [0.4, 0.5) is 26.7 Å². The number of nitrogens with zero attached hydrogens (tertiary/aromatic N) is 2. The zero-order valence-electron chi connectivity index (χ0n) is 28.5. The Kier molecular flexibility index (Phi) is 11.1. The number of hydrogen-bond donors (Lipinski definition) is 3. The van der Waals surface area contributed by atoms with Crippen LogP contribution in [0.3, 0.4) is 0 Å². The predicted octanol–water partition coefficient (Wildman–Crippen LogP) is 7.20. The van der Waals surface area contributed by atoms with Gasteiger partial charge >= 0.3 is 12.1 Å². The summed E-state index contributed by atoms with van der Waals surface area (Å²) in [6.07, 6.45) is 0.157. The molecule has 0 atom stereocenters. The molecule has 10 nitrogen and oxygen atoms in total. The van der Waals surface area contributed by atoms with Crippen molar-refractivity contribution in [2.45, 2.75) is 32.6 Å². The second-order valence-electron chi connectivity index (χ2n) is 12.9. The number of carbonyl (C=O) groups excluding carboxylic acids is 3. The fourth-order valence-electron chi connectivity index (χ4n) is 5.01. The highest BCUT2D eigenvalue weighted by atomic mass is 16.6. The summed E-state index contributed by atoms with van der Waals surface area (Å²) in [5, 5.41) is 10.5. The number of anilines is 3. The van der Waals surface area contributed by atoms with Gasteiger partial charge < -0.3 is 29.9 Å². The molecule has 248 valence electrons. The number of fused-ring (bicyclic) bond motifs is 1. The van der Waals surface area contributed by atoms with Crippen molar-refractivity contribution in [3.05, 3.63) is 83.9 Å². The van der Waals surface area contributed by atoms with E-state index in [1.165, 1.54) is 17.6 Å². The fourth-order valence-corrected chi connectivity index (χ4v) is 5.01. The van der Waals surface area contributed by atoms with Crippen LogP contribution >= 0.6 is 0 Å². The van der Waals surface area contributed by atoms with Gasteiger partial charge in [0.1, 0.15) is 0 Å². The van der Waals surface area contributed by atoms with Crippen molar-refractivity contribution in [3.63, 3.8) is 0 Å². The second kappa shape index (κ2) is 15.0. The molecular formula is C37H45N5O5. The zero-order valence-corrected chi connectivity index (χ0v) is 28.5. The van der Waals surface area contributed by atoms with E-state index in [2.05, 4.69) is 59.2 Å². The fraction of sp³-hybridized carbons (Fsp3) is 0.324. The summed E-state index contributed by atoms with van der Waals surface area (Å²) in [5.41, 5.74) is 5.23. The van der Waals surface area contributed by atoms with Crippen molar-refractivity contribution in [1.29, 1.82) is 0 Å². The van der Waals surface area contributed by atoms with Crippen molar-refractivity contribution < 1.29 is 23.9 Å². The van der Waals surface area contributed by atoms with Gasteiger partial charge in [-0.25, -0.2) is 9.59 Å². The minimum atomic E-state index is -0.824. The number of ether oxygens (including phenoxy) is 2. The van der Waals surface area contributed by atoms with E-state index in [1.54, 1.807) is 20.2 Å². The summed E-state index contributed by atoms with van der Waals surface area (Å²) in [5.74, 6) is -0.123. The van der Waals surface area contributed by atoms with E-state index in [-0.39, 0.29) is 17.1 Å². The monoisotopic (exact) mass is 639 g/mol. The Bertz CT molecular complexity index is 1740. The number of urea groups is 1. The molecule has 0 aromatic heterocycles. The average Bonchev–Trinajstić information content (AvgIpc) is 3.02. The molecule has 10 heteroatoms. The van der Waals surface area contributed by atoms with E-state index in [9.17, 15) is 14.4 Å². The quantitative estimate of drug-likeness (QED) is 0.169. The maximum Gasteiger partial charge on any atom is 0.412 e. The van der Waals surface area contributed by atoms with Crippen LogP contribution < -0.4 is 20.7 Å². The van der Waals surface area contributed by atoms with Crippen LogP contribution in [0.15, 0.2) is 72.8 Å². The lowest BCUT2D eigenvalue weighted by molar-refractivity contribution is -0.131. The summed E-state index contributed by atoms with van der Waals surface area (Å²) in [6.45, 7) is 6.62. The van der Waals surface area contributed by atoms with Gasteiger partial charge in [0.2, 0.25) is 0 Å². The number of carbonyl (C=O) groups is 3. The lowest BCUT2D eigenvalue weighted by Crippen LogP contribution is -2.29. The average molecular weight is 640 g/mol. The molecule has 4 aromatic rings. The first kappa shape index (κ1) is 34.8. The molecule has 0 unspecified atom stereocenters. The van der Waals surface area contributed by atoms with Gasteiger partial charge in [-0.1, -0.05) is 75.4 Å². The first-order valence-electron chi connectivity index (χ1n) is 15.5. The standard InChI is InChI=1S/C37H45N5O5/c1-37(2,3)26-21-31(34(46-8)32(22-26)40-36(45)47-23-33(43)42(6)7)39-35(44)38-30-18-17-27(28-11-9-10-12-29(28)30)25-15-13-24(14-16-25)19-20-41(4)5/h9-18,21-22H,19-20,23H2,1-8H3,(H,40,45)(H2,38,39,44). The Labute approximate surface area is 277 Å². The van der Waals surface area contributed by atoms with Crippen molar-refractivity contribution in [2.75, 3.05) is 64.4 Å². The van der Waals surface area contributed by atoms with Gasteiger partial charge in [-0.05, 0) is 71.8 Å². The summed E-state index contributed by atoms with van der Waals surface area (Å²) < 4.78 is 10.7. The molecule has 4 amide bonds. The number of benzene rings is 4. The van der Waals surface area contributed by atoms with Gasteiger partial charge in [0, 0.05) is 26.0 Å². The van der Waals surface area contributed by atoms with Crippen LogP contribution in [0, 0.1) is 0 Å². The molecule has 47 heavy (non-hydrogen) atoms. The highest BCUT2D eigenvalue weighted by molar-refractivity contribution is 6.10. The molecule has 0 aliphatic rings. The van der Waals surface area contributed by atoms with Crippen LogP contribution in [0.1, 0.15) is 31.9 Å². The number of hydrogen-bond acceptors (Lipinski definition) is 6. The van der Waals surface area contributed by atoms with E-state index < -0.39 is 18.7 Å². The summed E-state index contributed by atoms with van der Waals surface area (Å²) in [7, 11) is 8.74. The molecule has 0 bridgehead atoms. The van der Waals surface area contributed by atoms with Crippen molar-refractivity contribution in [1.82, 2.24) is 9.80 Å². The first-order chi connectivity index (χ1) is 22.3. The Morgan fingerprint density at radius 2 is 1.38 bits per heavy atom. The summed E-state index contributed by atoms with van der Waals surface area (Å²) >= 11 is 0. The molecular weight excluding hydrogens is 594 g/mol. The molecule has 0 saturated carbocycles. The lowest BCUT2D eigenvalue weighted by atomic mass is 9.86. The van der Waals surface area contributed by atoms with Crippen LogP contribution in [-0.2, 0) is 21.4 Å². The predicted molar refractivity (Wildman–Crippen MR) is 190 cm³/mol. The van der Waals surface area contributed by atoms with Gasteiger partial charge in [0.15, 0.2) is 12.4 Å². The van der Waals surface area contributed by atoms with Crippen molar-refractivity contribution in [2.24, 2.45) is 0 Å². The third-order valence-electron chi connectivity index (χ3n) is 7.75. The maximum absolute atomic E-state index is 13.5. The van der Waals surface area contributed by atoms with E-state index in [0.29, 0.717) is 17.1 Å². The molecule has 0 fully saturated rings. The molecule has 4 aromatic carbocycles. The molecule has 0 heterocycles. The lowest BCUT2D eigenvalue weighted by Gasteiger charge is -2.24. The van der Waals surface area contributed by atoms with Crippen molar-refractivity contribution >= 4 is 45.9 Å². The van der Waals surface area contributed by atoms with Gasteiger partial charge in [-0.3, -0.25) is 10.1 Å². The zero-order chi connectivity index (χ0) is 34.3. The van der Waals surface area contributed by atoms with E-state index in [4.69, 9.17) is 9.47 Å². The smallest absolute Gasteiger partial charge is 0.412 e. The Morgan fingerprint density at radius 3 is 1.98 bits per heavy atom. The van der Waals surface area contributed by atoms with Crippen molar-refractivity contribution in [3.8, 4) is 16.9 Å². The topological polar surface area (TPSA) is 112 Å². The van der Waals surface area contributed by atoms with E-state index in [0.717, 1.165) is 40.4 Å². The highest BCUT2D eigenvalue weighted by Crippen LogP contribution is 2.39. The van der Waals surface area contributed by atoms with Gasteiger partial charge in [0.25, 0.3) is 5.91 Å². The number of likely N-dealkylation sites (N-methyl/N-ethyl adjacent to an activating group) is 2. The molecule has 0 spiro atoms. The Morgan fingerprint density at radius 1 is 0.766 bits per heavy atom. The van der Waals surface area contributed by atoms with Crippen LogP contribution in [0.2, 0.25) is 0 Å². The SMILES string of the molecule is COc1c(NC(=O)Nc2ccc(-c3ccc(CCN(C)C)cc3)c3ccccc23)cc(C(C)(C)C)cc1NC(=O)OCC(=O)N(C)C. The number of nitrogens with one attached hydrogen (secondary N) is 3. The number of methoxy groups -OCH3 is 1. The second-order valence-corrected chi connectivity index (χ2v) is 12.9. The summed E-state index contributed by atoms with van der Waals surface area (Å²) in [6, 6.07) is 23.6. The van der Waals surface area contributed by atoms with Gasteiger partial charge in [-0.2, -0.15) is 0 Å². The molecule has 0 aliphatic carbocycles. The minimum absolute atomic E-state index is 0.235. The molecule has 4 rings (SSSR count). The third kappa shape index (κ3) is 9.01. The highest BCUT2D eigenvalue weighted by Gasteiger charge is 2.23. The normalized spacial score (nSPS) is 11.3. The first-order valence-corrected chi connectivity index (χ1v) is 15.5. The van der Waals surface area contributed by atoms with Crippen LogP contribution in [-0.4, -0.2) is 76.3 Å². The molecule has 3 N–H and O–H groups in total. The van der Waals surface area contributed by atoms with Gasteiger partial charge in [-0.15, -0.1) is 0 Å². The minimum Gasteiger partial charge on any atom is -0.492 e. The Balaban J connectivity index is 1.59. The molecule has 0 aliphatic heterocycles. The van der Waals surface area contributed by atoms with E-state index >= 15 is 0 Å².